The van der Waals surface area contributed by atoms with Crippen LogP contribution in [-0.4, -0.2) is 32.4 Å². The number of anilines is 1. The predicted molar refractivity (Wildman–Crippen MR) is 117 cm³/mol. The van der Waals surface area contributed by atoms with Crippen molar-refractivity contribution in [1.82, 2.24) is 19.3 Å². The normalized spacial score (nSPS) is 17.3. The fraction of sp³-hybridized carbons (Fsp3) is 0.478. The molecule has 0 N–H and O–H groups in total. The molecule has 3 aromatic rings. The molecule has 1 aromatic carbocycles. The topological polar surface area (TPSA) is 73.0 Å². The van der Waals surface area contributed by atoms with Crippen LogP contribution in [0.25, 0.3) is 10.9 Å². The maximum absolute atomic E-state index is 12.7. The number of nitrogens with zero attached hydrogens (tertiary/aromatic N) is 5. The third-order valence-electron chi connectivity index (χ3n) is 6.56. The number of para-hydroxylation sites is 1. The number of aromatic nitrogens is 4. The van der Waals surface area contributed by atoms with Crippen LogP contribution in [0, 0.1) is 5.92 Å². The molecule has 0 radical (unpaired) electrons. The Bertz CT molecular complexity index is 1200. The van der Waals surface area contributed by atoms with Gasteiger partial charge in [-0.05, 0) is 62.1 Å². The van der Waals surface area contributed by atoms with Gasteiger partial charge in [0.05, 0.1) is 16.6 Å². The molecule has 0 spiro atoms. The second-order valence-electron chi connectivity index (χ2n) is 8.57. The van der Waals surface area contributed by atoms with E-state index in [4.69, 9.17) is 4.98 Å². The van der Waals surface area contributed by atoms with Crippen LogP contribution in [0.3, 0.4) is 0 Å². The summed E-state index contributed by atoms with van der Waals surface area (Å²) in [7, 11) is 1.79. The van der Waals surface area contributed by atoms with E-state index in [1.54, 1.807) is 22.4 Å². The lowest BCUT2D eigenvalue weighted by molar-refractivity contribution is 0.329. The van der Waals surface area contributed by atoms with Crippen LogP contribution in [-0.2, 0) is 26.4 Å². The molecule has 5 rings (SSSR count). The first-order valence-corrected chi connectivity index (χ1v) is 10.9. The highest BCUT2D eigenvalue weighted by molar-refractivity contribution is 5.78. The highest BCUT2D eigenvalue weighted by Gasteiger charge is 2.24. The summed E-state index contributed by atoms with van der Waals surface area (Å²) in [6.45, 7) is 2.32. The quantitative estimate of drug-likeness (QED) is 0.669. The monoisotopic (exact) mass is 405 g/mol. The van der Waals surface area contributed by atoms with E-state index in [0.717, 1.165) is 74.3 Å². The highest BCUT2D eigenvalue weighted by Crippen LogP contribution is 2.24. The standard InChI is InChI=1S/C23H27N5O2/c1-26-22(30)18-7-3-5-9-20(18)24-23(26)27-12-10-16(11-13-27)15-28-21(29)14-17-6-2-4-8-19(17)25-28/h3,5,7,9,14,16H,2,4,6,8,10-13,15H2,1H3. The summed E-state index contributed by atoms with van der Waals surface area (Å²) in [4.78, 5) is 32.1. The average molecular weight is 406 g/mol. The lowest BCUT2D eigenvalue weighted by Gasteiger charge is -2.33. The molecule has 3 heterocycles. The molecule has 1 aliphatic carbocycles. The Morgan fingerprint density at radius 3 is 2.67 bits per heavy atom. The lowest BCUT2D eigenvalue weighted by Crippen LogP contribution is -2.40. The van der Waals surface area contributed by atoms with E-state index in [9.17, 15) is 9.59 Å². The van der Waals surface area contributed by atoms with E-state index in [1.807, 2.05) is 24.3 Å². The van der Waals surface area contributed by atoms with Crippen LogP contribution in [0.2, 0.25) is 0 Å². The van der Waals surface area contributed by atoms with Crippen molar-refractivity contribution in [1.29, 1.82) is 0 Å². The van der Waals surface area contributed by atoms with Crippen LogP contribution in [0.4, 0.5) is 5.95 Å². The average Bonchev–Trinajstić information content (AvgIpc) is 2.77. The van der Waals surface area contributed by atoms with E-state index >= 15 is 0 Å². The smallest absolute Gasteiger partial charge is 0.267 e. The van der Waals surface area contributed by atoms with Crippen molar-refractivity contribution in [3.8, 4) is 0 Å². The molecule has 2 aromatic heterocycles. The van der Waals surface area contributed by atoms with Gasteiger partial charge in [-0.25, -0.2) is 9.67 Å². The van der Waals surface area contributed by atoms with E-state index < -0.39 is 0 Å². The van der Waals surface area contributed by atoms with Gasteiger partial charge in [-0.1, -0.05) is 12.1 Å². The Balaban J connectivity index is 1.32. The Labute approximate surface area is 175 Å². The zero-order valence-electron chi connectivity index (χ0n) is 17.4. The third-order valence-corrected chi connectivity index (χ3v) is 6.56. The van der Waals surface area contributed by atoms with Gasteiger partial charge in [0.25, 0.3) is 11.1 Å². The van der Waals surface area contributed by atoms with Gasteiger partial charge in [-0.15, -0.1) is 0 Å². The number of hydrogen-bond donors (Lipinski definition) is 0. The van der Waals surface area contributed by atoms with Gasteiger partial charge in [-0.2, -0.15) is 5.10 Å². The van der Waals surface area contributed by atoms with E-state index in [1.165, 1.54) is 0 Å². The SMILES string of the molecule is Cn1c(N2CCC(Cn3nc4c(cc3=O)CCCC4)CC2)nc2ccccc2c1=O. The van der Waals surface area contributed by atoms with Gasteiger partial charge in [-0.3, -0.25) is 14.2 Å². The van der Waals surface area contributed by atoms with Gasteiger partial charge in [0, 0.05) is 32.7 Å². The number of benzene rings is 1. The van der Waals surface area contributed by atoms with Crippen molar-refractivity contribution < 1.29 is 0 Å². The molecule has 0 saturated carbocycles. The minimum Gasteiger partial charge on any atom is -0.342 e. The van der Waals surface area contributed by atoms with E-state index in [0.29, 0.717) is 17.8 Å². The predicted octanol–water partition coefficient (Wildman–Crippen LogP) is 2.29. The lowest BCUT2D eigenvalue weighted by atomic mass is 9.96. The number of aryl methyl sites for hydroxylation is 2. The number of rotatable bonds is 3. The molecule has 0 atom stereocenters. The zero-order valence-corrected chi connectivity index (χ0v) is 17.4. The van der Waals surface area contributed by atoms with Crippen molar-refractivity contribution in [3.63, 3.8) is 0 Å². The largest absolute Gasteiger partial charge is 0.342 e. The van der Waals surface area contributed by atoms with Crippen molar-refractivity contribution in [2.24, 2.45) is 13.0 Å². The van der Waals surface area contributed by atoms with Crippen LogP contribution in [0.1, 0.15) is 36.9 Å². The maximum atomic E-state index is 12.7. The molecule has 1 saturated heterocycles. The van der Waals surface area contributed by atoms with Crippen LogP contribution in [0.5, 0.6) is 0 Å². The molecule has 156 valence electrons. The second-order valence-corrected chi connectivity index (χ2v) is 8.57. The molecule has 0 bridgehead atoms. The van der Waals surface area contributed by atoms with Gasteiger partial charge >= 0.3 is 0 Å². The maximum Gasteiger partial charge on any atom is 0.267 e. The molecule has 0 unspecified atom stereocenters. The minimum absolute atomic E-state index is 0.0115. The van der Waals surface area contributed by atoms with E-state index in [-0.39, 0.29) is 11.1 Å². The molecule has 1 fully saturated rings. The summed E-state index contributed by atoms with van der Waals surface area (Å²) in [6.07, 6.45) is 6.18. The molecule has 7 nitrogen and oxygen atoms in total. The minimum atomic E-state index is -0.0115. The van der Waals surface area contributed by atoms with Gasteiger partial charge in [0.15, 0.2) is 0 Å². The molecular weight excluding hydrogens is 378 g/mol. The fourth-order valence-electron chi connectivity index (χ4n) is 4.78. The van der Waals surface area contributed by atoms with Crippen molar-refractivity contribution in [3.05, 3.63) is 62.3 Å². The number of fused-ring (bicyclic) bond motifs is 2. The summed E-state index contributed by atoms with van der Waals surface area (Å²) in [5.41, 5.74) is 3.00. The second kappa shape index (κ2) is 7.70. The molecular formula is C23H27N5O2. The Morgan fingerprint density at radius 2 is 1.83 bits per heavy atom. The fourth-order valence-corrected chi connectivity index (χ4v) is 4.78. The zero-order chi connectivity index (χ0) is 20.7. The number of piperidine rings is 1. The highest BCUT2D eigenvalue weighted by atomic mass is 16.1. The Morgan fingerprint density at radius 1 is 1.07 bits per heavy atom. The van der Waals surface area contributed by atoms with Crippen LogP contribution < -0.4 is 16.0 Å². The first-order valence-electron chi connectivity index (χ1n) is 10.9. The summed E-state index contributed by atoms with van der Waals surface area (Å²) in [5.74, 6) is 1.13. The van der Waals surface area contributed by atoms with Crippen molar-refractivity contribution in [2.45, 2.75) is 45.1 Å². The van der Waals surface area contributed by atoms with Gasteiger partial charge in [0.2, 0.25) is 5.95 Å². The summed E-state index contributed by atoms with van der Waals surface area (Å²) < 4.78 is 3.33. The summed E-state index contributed by atoms with van der Waals surface area (Å²) in [6, 6.07) is 9.29. The van der Waals surface area contributed by atoms with Crippen molar-refractivity contribution in [2.75, 3.05) is 18.0 Å². The Kier molecular flexibility index (Phi) is 4.89. The summed E-state index contributed by atoms with van der Waals surface area (Å²) >= 11 is 0. The molecule has 2 aliphatic rings. The molecule has 0 amide bonds. The van der Waals surface area contributed by atoms with Gasteiger partial charge < -0.3 is 4.90 Å². The first kappa shape index (κ1) is 19.0. The van der Waals surface area contributed by atoms with Crippen LogP contribution >= 0.6 is 0 Å². The molecule has 1 aliphatic heterocycles. The third kappa shape index (κ3) is 3.42. The number of hydrogen-bond acceptors (Lipinski definition) is 5. The van der Waals surface area contributed by atoms with Crippen LogP contribution in [0.15, 0.2) is 39.9 Å². The summed E-state index contributed by atoms with van der Waals surface area (Å²) in [5, 5.41) is 5.33. The molecule has 30 heavy (non-hydrogen) atoms. The van der Waals surface area contributed by atoms with Gasteiger partial charge in [0.1, 0.15) is 0 Å². The van der Waals surface area contributed by atoms with E-state index in [2.05, 4.69) is 10.00 Å². The Hall–Kier alpha value is -2.96. The van der Waals surface area contributed by atoms with Crippen molar-refractivity contribution >= 4 is 16.9 Å². The first-order chi connectivity index (χ1) is 14.6. The molecule has 7 heteroatoms.